The van der Waals surface area contributed by atoms with Crippen LogP contribution in [-0.4, -0.2) is 14.8 Å². The van der Waals surface area contributed by atoms with E-state index in [0.717, 1.165) is 16.9 Å². The Labute approximate surface area is 139 Å². The van der Waals surface area contributed by atoms with Gasteiger partial charge in [-0.25, -0.2) is 9.07 Å². The molecule has 2 aromatic carbocycles. The zero-order chi connectivity index (χ0) is 16.4. The van der Waals surface area contributed by atoms with E-state index in [1.54, 1.807) is 35.3 Å². The lowest BCUT2D eigenvalue weighted by Crippen LogP contribution is -2.00. The second-order valence-electron chi connectivity index (χ2n) is 5.38. The summed E-state index contributed by atoms with van der Waals surface area (Å²) in [6.45, 7) is 0. The van der Waals surface area contributed by atoms with Crippen LogP contribution >= 0.6 is 0 Å². The highest BCUT2D eigenvalue weighted by Gasteiger charge is 2.11. The Hall–Kier alpha value is -3.27. The zero-order valence-electron chi connectivity index (χ0n) is 12.8. The maximum Gasteiger partial charge on any atom is 0.132 e. The number of nitrogens with zero attached hydrogens (tertiary/aromatic N) is 3. The minimum Gasteiger partial charge on any atom is -0.254 e. The van der Waals surface area contributed by atoms with Crippen molar-refractivity contribution in [3.05, 3.63) is 91.0 Å². The van der Waals surface area contributed by atoms with Crippen LogP contribution in [0.4, 0.5) is 4.39 Å². The maximum absolute atomic E-state index is 14.1. The molecule has 2 heterocycles. The summed E-state index contributed by atoms with van der Waals surface area (Å²) in [5.41, 5.74) is 3.94. The van der Waals surface area contributed by atoms with Crippen LogP contribution in [0.3, 0.4) is 0 Å². The molecule has 0 unspecified atom stereocenters. The van der Waals surface area contributed by atoms with Gasteiger partial charge < -0.3 is 0 Å². The Morgan fingerprint density at radius 3 is 2.33 bits per heavy atom. The van der Waals surface area contributed by atoms with E-state index in [0.29, 0.717) is 11.3 Å². The van der Waals surface area contributed by atoms with E-state index in [2.05, 4.69) is 10.1 Å². The molecular weight excluding hydrogens is 301 g/mol. The van der Waals surface area contributed by atoms with Crippen LogP contribution in [0.15, 0.2) is 85.2 Å². The van der Waals surface area contributed by atoms with Crippen molar-refractivity contribution in [2.24, 2.45) is 0 Å². The van der Waals surface area contributed by atoms with Crippen LogP contribution in [0.5, 0.6) is 0 Å². The van der Waals surface area contributed by atoms with Crippen LogP contribution in [0, 0.1) is 5.82 Å². The Morgan fingerprint density at radius 1 is 0.792 bits per heavy atom. The maximum atomic E-state index is 14.1. The zero-order valence-corrected chi connectivity index (χ0v) is 12.8. The summed E-state index contributed by atoms with van der Waals surface area (Å²) in [4.78, 5) is 4.51. The van der Waals surface area contributed by atoms with E-state index >= 15 is 0 Å². The lowest BCUT2D eigenvalue weighted by molar-refractivity contribution is 0.629. The third-order valence-electron chi connectivity index (χ3n) is 3.85. The van der Waals surface area contributed by atoms with Crippen molar-refractivity contribution in [2.75, 3.05) is 0 Å². The number of aromatic nitrogens is 3. The fourth-order valence-corrected chi connectivity index (χ4v) is 2.67. The molecule has 0 N–H and O–H groups in total. The van der Waals surface area contributed by atoms with Gasteiger partial charge in [0.15, 0.2) is 0 Å². The standard InChI is InChI=1S/C20H14FN3/c21-18-9-5-4-8-17(18)20-12-13-23-24(20)16-10-11-19(22-14-16)15-6-2-1-3-7-15/h1-14H. The third kappa shape index (κ3) is 2.58. The molecule has 0 atom stereocenters. The number of pyridine rings is 1. The first kappa shape index (κ1) is 14.3. The van der Waals surface area contributed by atoms with Gasteiger partial charge in [0.05, 0.1) is 29.5 Å². The number of rotatable bonds is 3. The van der Waals surface area contributed by atoms with Crippen LogP contribution in [0.1, 0.15) is 0 Å². The highest BCUT2D eigenvalue weighted by atomic mass is 19.1. The molecule has 0 saturated carbocycles. The molecule has 0 aliphatic rings. The second-order valence-corrected chi connectivity index (χ2v) is 5.38. The van der Waals surface area contributed by atoms with Crippen molar-refractivity contribution in [1.82, 2.24) is 14.8 Å². The van der Waals surface area contributed by atoms with Gasteiger partial charge in [0.1, 0.15) is 5.82 Å². The predicted octanol–water partition coefficient (Wildman–Crippen LogP) is 4.74. The monoisotopic (exact) mass is 315 g/mol. The Morgan fingerprint density at radius 2 is 1.58 bits per heavy atom. The van der Waals surface area contributed by atoms with Crippen molar-refractivity contribution in [1.29, 1.82) is 0 Å². The van der Waals surface area contributed by atoms with Crippen LogP contribution in [0.2, 0.25) is 0 Å². The Kier molecular flexibility index (Phi) is 3.63. The summed E-state index contributed by atoms with van der Waals surface area (Å²) >= 11 is 0. The van der Waals surface area contributed by atoms with Gasteiger partial charge in [0, 0.05) is 11.1 Å². The first-order valence-corrected chi connectivity index (χ1v) is 7.64. The lowest BCUT2D eigenvalue weighted by atomic mass is 10.1. The summed E-state index contributed by atoms with van der Waals surface area (Å²) in [5.74, 6) is -0.270. The highest BCUT2D eigenvalue weighted by molar-refractivity contribution is 5.64. The van der Waals surface area contributed by atoms with Crippen LogP contribution in [-0.2, 0) is 0 Å². The van der Waals surface area contributed by atoms with E-state index in [1.807, 2.05) is 48.5 Å². The van der Waals surface area contributed by atoms with Gasteiger partial charge in [-0.15, -0.1) is 0 Å². The number of benzene rings is 2. The molecule has 0 aliphatic heterocycles. The molecule has 0 saturated heterocycles. The topological polar surface area (TPSA) is 30.7 Å². The van der Waals surface area contributed by atoms with Crippen LogP contribution < -0.4 is 0 Å². The molecule has 2 aromatic heterocycles. The van der Waals surface area contributed by atoms with E-state index in [9.17, 15) is 4.39 Å². The van der Waals surface area contributed by atoms with Crippen molar-refractivity contribution < 1.29 is 4.39 Å². The molecule has 24 heavy (non-hydrogen) atoms. The molecular formula is C20H14FN3. The van der Waals surface area contributed by atoms with Gasteiger partial charge in [-0.3, -0.25) is 4.98 Å². The second kappa shape index (κ2) is 6.08. The average molecular weight is 315 g/mol. The first-order chi connectivity index (χ1) is 11.8. The van der Waals surface area contributed by atoms with E-state index in [-0.39, 0.29) is 5.82 Å². The Bertz CT molecular complexity index is 960. The fourth-order valence-electron chi connectivity index (χ4n) is 2.67. The molecule has 116 valence electrons. The van der Waals surface area contributed by atoms with Crippen LogP contribution in [0.25, 0.3) is 28.2 Å². The predicted molar refractivity (Wildman–Crippen MR) is 92.2 cm³/mol. The SMILES string of the molecule is Fc1ccccc1-c1ccnn1-c1ccc(-c2ccccc2)nc1. The lowest BCUT2D eigenvalue weighted by Gasteiger charge is -2.09. The van der Waals surface area contributed by atoms with E-state index in [1.165, 1.54) is 6.07 Å². The molecule has 0 radical (unpaired) electrons. The summed E-state index contributed by atoms with van der Waals surface area (Å²) < 4.78 is 15.8. The summed E-state index contributed by atoms with van der Waals surface area (Å²) in [5, 5.41) is 4.32. The largest absolute Gasteiger partial charge is 0.254 e. The smallest absolute Gasteiger partial charge is 0.132 e. The first-order valence-electron chi connectivity index (χ1n) is 7.64. The summed E-state index contributed by atoms with van der Waals surface area (Å²) in [7, 11) is 0. The van der Waals surface area contributed by atoms with Gasteiger partial charge in [0.2, 0.25) is 0 Å². The van der Waals surface area contributed by atoms with E-state index in [4.69, 9.17) is 0 Å². The molecule has 0 aliphatic carbocycles. The normalized spacial score (nSPS) is 10.7. The van der Waals surface area contributed by atoms with Crippen molar-refractivity contribution in [2.45, 2.75) is 0 Å². The molecule has 4 rings (SSSR count). The molecule has 4 heteroatoms. The molecule has 0 amide bonds. The minimum absolute atomic E-state index is 0.270. The van der Waals surface area contributed by atoms with Crippen molar-refractivity contribution in [3.63, 3.8) is 0 Å². The van der Waals surface area contributed by atoms with Crippen molar-refractivity contribution >= 4 is 0 Å². The molecule has 0 spiro atoms. The molecule has 0 bridgehead atoms. The van der Waals surface area contributed by atoms with Crippen molar-refractivity contribution in [3.8, 4) is 28.2 Å². The number of halogens is 1. The number of hydrogen-bond acceptors (Lipinski definition) is 2. The van der Waals surface area contributed by atoms with Gasteiger partial charge in [-0.2, -0.15) is 5.10 Å². The summed E-state index contributed by atoms with van der Waals surface area (Å²) in [6, 6.07) is 22.3. The third-order valence-corrected chi connectivity index (χ3v) is 3.85. The molecule has 3 nitrogen and oxygen atoms in total. The summed E-state index contributed by atoms with van der Waals surface area (Å²) in [6.07, 6.45) is 3.41. The highest BCUT2D eigenvalue weighted by Crippen LogP contribution is 2.25. The van der Waals surface area contributed by atoms with Gasteiger partial charge in [-0.1, -0.05) is 42.5 Å². The quantitative estimate of drug-likeness (QED) is 0.546. The molecule has 4 aromatic rings. The number of hydrogen-bond donors (Lipinski definition) is 0. The van der Waals surface area contributed by atoms with Gasteiger partial charge >= 0.3 is 0 Å². The van der Waals surface area contributed by atoms with E-state index < -0.39 is 0 Å². The Balaban J connectivity index is 1.74. The average Bonchev–Trinajstić information content (AvgIpc) is 3.12. The fraction of sp³-hybridized carbons (Fsp3) is 0. The van der Waals surface area contributed by atoms with Gasteiger partial charge in [0.25, 0.3) is 0 Å². The molecule has 0 fully saturated rings. The minimum atomic E-state index is -0.270. The van der Waals surface area contributed by atoms with Gasteiger partial charge in [-0.05, 0) is 30.3 Å².